The van der Waals surface area contributed by atoms with E-state index in [2.05, 4.69) is 45.4 Å². The summed E-state index contributed by atoms with van der Waals surface area (Å²) in [6, 6.07) is 11.0. The molecule has 1 saturated heterocycles. The number of benzene rings is 3. The highest BCUT2D eigenvalue weighted by molar-refractivity contribution is 6.04. The number of ether oxygens (including phenoxy) is 1. The molecule has 0 amide bonds. The SMILES string of the molecule is C#Cc1c(F)ccc2cc(O)cc(-c3ccc4c(N5CCN[C@@H](CC#N)C5)nc(OC[C@]56C=CCN5C=CC6)nc4c3F)c12.[H+].[H+].[H+].[H+]. The molecule has 3 aromatic carbocycles. The van der Waals surface area contributed by atoms with E-state index in [0.29, 0.717) is 48.0 Å². The van der Waals surface area contributed by atoms with E-state index in [1.807, 2.05) is 11.1 Å². The predicted octanol–water partition coefficient (Wildman–Crippen LogP) is 5.46. The van der Waals surface area contributed by atoms with Gasteiger partial charge in [-0.15, -0.1) is 6.42 Å². The van der Waals surface area contributed by atoms with E-state index in [4.69, 9.17) is 16.1 Å². The van der Waals surface area contributed by atoms with Gasteiger partial charge in [0.05, 0.1) is 23.6 Å². The lowest BCUT2D eigenvalue weighted by Gasteiger charge is -2.34. The number of terminal acetylenes is 1. The number of hydrogen-bond donors (Lipinski definition) is 2. The van der Waals surface area contributed by atoms with Crippen LogP contribution in [0.15, 0.2) is 60.8 Å². The molecule has 2 atom stereocenters. The number of fused-ring (bicyclic) bond motifs is 3. The van der Waals surface area contributed by atoms with Crippen LogP contribution in [-0.2, 0) is 0 Å². The van der Waals surface area contributed by atoms with Crippen LogP contribution in [0.3, 0.4) is 0 Å². The average Bonchev–Trinajstić information content (AvgIpc) is 3.61. The monoisotopic (exact) mass is 594 g/mol. The van der Waals surface area contributed by atoms with Gasteiger partial charge in [-0.1, -0.05) is 36.3 Å². The van der Waals surface area contributed by atoms with Crippen molar-refractivity contribution in [3.05, 3.63) is 78.0 Å². The van der Waals surface area contributed by atoms with E-state index in [9.17, 15) is 14.8 Å². The van der Waals surface area contributed by atoms with Crippen LogP contribution in [0.4, 0.5) is 14.6 Å². The topological polar surface area (TPSA) is 97.5 Å². The van der Waals surface area contributed by atoms with Gasteiger partial charge in [-0.2, -0.15) is 15.2 Å². The highest BCUT2D eigenvalue weighted by Crippen LogP contribution is 2.40. The Morgan fingerprint density at radius 1 is 1.18 bits per heavy atom. The first kappa shape index (κ1) is 27.6. The number of nitriles is 1. The molecule has 1 fully saturated rings. The minimum Gasteiger partial charge on any atom is -0.508 e. The van der Waals surface area contributed by atoms with Gasteiger partial charge in [0, 0.05) is 48.6 Å². The highest BCUT2D eigenvalue weighted by atomic mass is 19.1. The second-order valence-electron chi connectivity index (χ2n) is 11.3. The third-order valence-electron chi connectivity index (χ3n) is 8.66. The molecule has 1 aromatic heterocycles. The van der Waals surface area contributed by atoms with Crippen molar-refractivity contribution in [2.24, 2.45) is 0 Å². The van der Waals surface area contributed by atoms with Gasteiger partial charge in [0.2, 0.25) is 0 Å². The zero-order valence-electron chi connectivity index (χ0n) is 27.7. The Kier molecular flexibility index (Phi) is 6.80. The molecule has 0 radical (unpaired) electrons. The fourth-order valence-corrected chi connectivity index (χ4v) is 6.50. The van der Waals surface area contributed by atoms with Crippen molar-refractivity contribution in [1.82, 2.24) is 20.2 Å². The van der Waals surface area contributed by atoms with Crippen LogP contribution < -0.4 is 15.0 Å². The summed E-state index contributed by atoms with van der Waals surface area (Å²) in [6.45, 7) is 2.75. The van der Waals surface area contributed by atoms with Crippen molar-refractivity contribution in [2.45, 2.75) is 24.4 Å². The number of piperazine rings is 1. The third-order valence-corrected chi connectivity index (χ3v) is 8.66. The summed E-state index contributed by atoms with van der Waals surface area (Å²) in [5, 5.41) is 24.4. The summed E-state index contributed by atoms with van der Waals surface area (Å²) < 4.78 is 37.8. The molecule has 0 bridgehead atoms. The summed E-state index contributed by atoms with van der Waals surface area (Å²) in [7, 11) is 0. The summed E-state index contributed by atoms with van der Waals surface area (Å²) in [5.41, 5.74) is -0.000916. The zero-order valence-corrected chi connectivity index (χ0v) is 23.7. The third kappa shape index (κ3) is 4.55. The first-order valence-corrected chi connectivity index (χ1v) is 14.4. The van der Waals surface area contributed by atoms with Crippen LogP contribution in [0.25, 0.3) is 32.8 Å². The lowest BCUT2D eigenvalue weighted by Crippen LogP contribution is -2.51. The van der Waals surface area contributed by atoms with Crippen molar-refractivity contribution in [3.8, 4) is 41.3 Å². The molecule has 4 heterocycles. The van der Waals surface area contributed by atoms with Crippen molar-refractivity contribution < 1.29 is 24.3 Å². The van der Waals surface area contributed by atoms with E-state index in [1.165, 1.54) is 24.3 Å². The Morgan fingerprint density at radius 3 is 2.91 bits per heavy atom. The fraction of sp³-hybridized carbons (Fsp3) is 0.265. The van der Waals surface area contributed by atoms with Crippen LogP contribution >= 0.6 is 0 Å². The quantitative estimate of drug-likeness (QED) is 0.224. The van der Waals surface area contributed by atoms with Crippen molar-refractivity contribution in [1.29, 1.82) is 5.26 Å². The van der Waals surface area contributed by atoms with Crippen molar-refractivity contribution in [2.75, 3.05) is 37.7 Å². The molecule has 220 valence electrons. The number of anilines is 1. The molecule has 0 aliphatic carbocycles. The van der Waals surface area contributed by atoms with Gasteiger partial charge in [0.15, 0.2) is 5.82 Å². The number of hydrogen-bond acceptors (Lipinski definition) is 8. The largest absolute Gasteiger partial charge is 1.00 e. The van der Waals surface area contributed by atoms with Crippen LogP contribution in [-0.4, -0.2) is 64.3 Å². The Bertz CT molecular complexity index is 1980. The van der Waals surface area contributed by atoms with Crippen LogP contribution in [0.2, 0.25) is 0 Å². The molecule has 8 nitrogen and oxygen atoms in total. The molecule has 0 saturated carbocycles. The summed E-state index contributed by atoms with van der Waals surface area (Å²) in [6.07, 6.45) is 15.1. The molecule has 2 N–H and O–H groups in total. The molecular weight excluding hydrogens is 562 g/mol. The molecule has 4 aromatic rings. The van der Waals surface area contributed by atoms with E-state index < -0.39 is 11.6 Å². The van der Waals surface area contributed by atoms with E-state index in [-0.39, 0.29) is 57.9 Å². The first-order chi connectivity index (χ1) is 21.4. The number of nitrogens with one attached hydrogen (secondary N) is 1. The van der Waals surface area contributed by atoms with Gasteiger partial charge < -0.3 is 25.0 Å². The Hall–Kier alpha value is -5.19. The lowest BCUT2D eigenvalue weighted by atomic mass is 9.93. The molecule has 3 aliphatic heterocycles. The Morgan fingerprint density at radius 2 is 2.07 bits per heavy atom. The maximum absolute atomic E-state index is 16.8. The van der Waals surface area contributed by atoms with Gasteiger partial charge in [0.25, 0.3) is 0 Å². The molecule has 7 rings (SSSR count). The molecule has 44 heavy (non-hydrogen) atoms. The predicted molar refractivity (Wildman–Crippen MR) is 169 cm³/mol. The van der Waals surface area contributed by atoms with Gasteiger partial charge in [0.1, 0.15) is 29.5 Å². The van der Waals surface area contributed by atoms with Crippen LogP contribution in [0.5, 0.6) is 11.8 Å². The average molecular weight is 595 g/mol. The van der Waals surface area contributed by atoms with E-state index >= 15 is 4.39 Å². The number of nitrogens with zero attached hydrogens (tertiary/aromatic N) is 5. The van der Waals surface area contributed by atoms with Crippen molar-refractivity contribution >= 4 is 27.5 Å². The van der Waals surface area contributed by atoms with Crippen LogP contribution in [0.1, 0.15) is 24.1 Å². The smallest absolute Gasteiger partial charge is 0.508 e. The standard InChI is InChI=1S/C34H28F2N6O2/c1-2-24-28(35)8-5-21-17-23(43)18-27(29(21)24)25-6-7-26-31(30(25)36)39-33(44-20-34-10-3-14-42(34)15-4-11-34)40-32(26)41-16-13-38-22(19-41)9-12-37/h1,3-8,10,15,17-18,22,38,43H,9,11,13-14,16,19-20H2/p+4/t22-,34+/m0/s1. The molecule has 0 unspecified atom stereocenters. The fourth-order valence-electron chi connectivity index (χ4n) is 6.50. The van der Waals surface area contributed by atoms with E-state index in [0.717, 1.165) is 13.0 Å². The summed E-state index contributed by atoms with van der Waals surface area (Å²) in [4.78, 5) is 13.5. The van der Waals surface area contributed by atoms with Gasteiger partial charge in [-0.05, 0) is 47.8 Å². The number of aromatic hydroxyl groups is 1. The second-order valence-corrected chi connectivity index (χ2v) is 11.3. The van der Waals surface area contributed by atoms with E-state index in [1.54, 1.807) is 12.1 Å². The molecule has 3 aliphatic rings. The molecular formula is C34H32F2N6O2+4. The normalized spacial score (nSPS) is 20.7. The van der Waals surface area contributed by atoms with Gasteiger partial charge in [-0.3, -0.25) is 0 Å². The number of aromatic nitrogens is 2. The molecule has 0 spiro atoms. The minimum atomic E-state index is -0.679. The number of phenolic OH excluding ortho intramolecular Hbond substituents is 1. The summed E-state index contributed by atoms with van der Waals surface area (Å²) >= 11 is 0. The number of halogens is 2. The maximum atomic E-state index is 16.8. The summed E-state index contributed by atoms with van der Waals surface area (Å²) in [5.74, 6) is 1.48. The lowest BCUT2D eigenvalue weighted by molar-refractivity contribution is 0.147. The second kappa shape index (κ2) is 10.8. The molecule has 10 heteroatoms. The maximum Gasteiger partial charge on any atom is 1.00 e. The van der Waals surface area contributed by atoms with Gasteiger partial charge >= 0.3 is 11.7 Å². The Balaban J connectivity index is 0.00000156. The van der Waals surface area contributed by atoms with Gasteiger partial charge in [-0.25, -0.2) is 8.78 Å². The first-order valence-electron chi connectivity index (χ1n) is 14.4. The van der Waals surface area contributed by atoms with Crippen LogP contribution in [0, 0.1) is 35.3 Å². The zero-order chi connectivity index (χ0) is 30.4. The Labute approximate surface area is 258 Å². The minimum absolute atomic E-state index is 0. The highest BCUT2D eigenvalue weighted by Gasteiger charge is 2.39. The number of rotatable bonds is 6. The number of phenols is 1. The van der Waals surface area contributed by atoms with Crippen molar-refractivity contribution in [3.63, 3.8) is 0 Å².